The molecule has 0 saturated heterocycles. The fourth-order valence-electron chi connectivity index (χ4n) is 1.04. The monoisotopic (exact) mass is 278 g/mol. The quantitative estimate of drug-likeness (QED) is 0.775. The van der Waals surface area contributed by atoms with Crippen LogP contribution in [0, 0.1) is 5.82 Å². The Balaban J connectivity index is 2.87. The molecular formula is C10H9BrClFO. The van der Waals surface area contributed by atoms with Crippen LogP contribution in [0.3, 0.4) is 0 Å². The molecule has 1 aromatic carbocycles. The molecule has 0 heterocycles. The van der Waals surface area contributed by atoms with Crippen molar-refractivity contribution in [3.63, 3.8) is 0 Å². The van der Waals surface area contributed by atoms with Crippen molar-refractivity contribution in [1.82, 2.24) is 0 Å². The van der Waals surface area contributed by atoms with Gasteiger partial charge < -0.3 is 0 Å². The first kappa shape index (κ1) is 11.7. The molecular weight excluding hydrogens is 270 g/mol. The van der Waals surface area contributed by atoms with Crippen molar-refractivity contribution < 1.29 is 9.18 Å². The van der Waals surface area contributed by atoms with Gasteiger partial charge >= 0.3 is 0 Å². The van der Waals surface area contributed by atoms with Gasteiger partial charge in [-0.15, -0.1) is 0 Å². The highest BCUT2D eigenvalue weighted by atomic mass is 79.9. The molecule has 0 aliphatic rings. The Hall–Kier alpha value is -0.410. The Morgan fingerprint density at radius 1 is 1.64 bits per heavy atom. The fourth-order valence-corrected chi connectivity index (χ4v) is 1.59. The molecule has 76 valence electrons. The van der Waals surface area contributed by atoms with E-state index in [0.717, 1.165) is 0 Å². The molecule has 4 heteroatoms. The summed E-state index contributed by atoms with van der Waals surface area (Å²) >= 11 is 8.78. The van der Waals surface area contributed by atoms with E-state index in [4.69, 9.17) is 11.6 Å². The molecule has 0 fully saturated rings. The van der Waals surface area contributed by atoms with Crippen molar-refractivity contribution in [1.29, 1.82) is 0 Å². The van der Waals surface area contributed by atoms with Crippen LogP contribution in [-0.2, 0) is 11.2 Å². The summed E-state index contributed by atoms with van der Waals surface area (Å²) in [7, 11) is 0. The van der Waals surface area contributed by atoms with Gasteiger partial charge in [-0.2, -0.15) is 0 Å². The average Bonchev–Trinajstić information content (AvgIpc) is 2.12. The molecule has 0 radical (unpaired) electrons. The maximum Gasteiger partial charge on any atom is 0.145 e. The second kappa shape index (κ2) is 4.89. The van der Waals surface area contributed by atoms with Gasteiger partial charge in [0.1, 0.15) is 11.6 Å². The number of Topliss-reactive ketones (excluding diaryl/α,β-unsaturated/α-hetero) is 1. The first-order chi connectivity index (χ1) is 6.52. The van der Waals surface area contributed by atoms with E-state index < -0.39 is 5.82 Å². The zero-order valence-electron chi connectivity index (χ0n) is 7.56. The predicted molar refractivity (Wildman–Crippen MR) is 58.5 cm³/mol. The highest BCUT2D eigenvalue weighted by Crippen LogP contribution is 2.20. The van der Waals surface area contributed by atoms with Crippen LogP contribution in [0.15, 0.2) is 18.2 Å². The van der Waals surface area contributed by atoms with Gasteiger partial charge in [0, 0.05) is 0 Å². The van der Waals surface area contributed by atoms with Gasteiger partial charge in [-0.05, 0) is 25.0 Å². The minimum Gasteiger partial charge on any atom is -0.299 e. The third-order valence-corrected chi connectivity index (χ3v) is 3.13. The molecule has 0 spiro atoms. The molecule has 0 aromatic heterocycles. The van der Waals surface area contributed by atoms with Crippen LogP contribution in [0.1, 0.15) is 12.5 Å². The van der Waals surface area contributed by atoms with Crippen molar-refractivity contribution >= 4 is 33.3 Å². The fraction of sp³-hybridized carbons (Fsp3) is 0.300. The number of carbonyl (C=O) groups is 1. The summed E-state index contributed by atoms with van der Waals surface area (Å²) in [6, 6.07) is 4.77. The Morgan fingerprint density at radius 3 is 2.86 bits per heavy atom. The largest absolute Gasteiger partial charge is 0.299 e. The maximum atomic E-state index is 13.4. The molecule has 1 aromatic rings. The molecule has 1 atom stereocenters. The van der Waals surface area contributed by atoms with Crippen molar-refractivity contribution in [3.05, 3.63) is 34.6 Å². The first-order valence-corrected chi connectivity index (χ1v) is 5.39. The molecule has 14 heavy (non-hydrogen) atoms. The molecule has 0 aliphatic heterocycles. The number of hydrogen-bond donors (Lipinski definition) is 0. The molecule has 0 N–H and O–H groups in total. The van der Waals surface area contributed by atoms with Gasteiger partial charge in [0.15, 0.2) is 0 Å². The van der Waals surface area contributed by atoms with Crippen molar-refractivity contribution in [2.45, 2.75) is 18.2 Å². The third kappa shape index (κ3) is 2.79. The van der Waals surface area contributed by atoms with E-state index in [1.807, 2.05) is 0 Å². The molecule has 0 amide bonds. The minimum atomic E-state index is -0.445. The number of alkyl halides is 1. The number of hydrogen-bond acceptors (Lipinski definition) is 1. The zero-order valence-corrected chi connectivity index (χ0v) is 9.90. The molecule has 0 bridgehead atoms. The lowest BCUT2D eigenvalue weighted by molar-refractivity contribution is -0.116. The topological polar surface area (TPSA) is 17.1 Å². The van der Waals surface area contributed by atoms with E-state index in [9.17, 15) is 9.18 Å². The van der Waals surface area contributed by atoms with Gasteiger partial charge in [-0.25, -0.2) is 4.39 Å². The lowest BCUT2D eigenvalue weighted by atomic mass is 10.1. The summed E-state index contributed by atoms with van der Waals surface area (Å²) in [5.74, 6) is -0.468. The van der Waals surface area contributed by atoms with Crippen LogP contribution in [0.5, 0.6) is 0 Å². The number of carbonyl (C=O) groups excluding carboxylic acids is 1. The number of halogens is 3. The average molecular weight is 280 g/mol. The Morgan fingerprint density at radius 2 is 2.29 bits per heavy atom. The lowest BCUT2D eigenvalue weighted by Crippen LogP contribution is -2.13. The van der Waals surface area contributed by atoms with E-state index in [-0.39, 0.29) is 15.6 Å². The second-order valence-electron chi connectivity index (χ2n) is 3.00. The highest BCUT2D eigenvalue weighted by molar-refractivity contribution is 9.10. The first-order valence-electron chi connectivity index (χ1n) is 4.09. The number of ketones is 1. The normalized spacial score (nSPS) is 12.6. The van der Waals surface area contributed by atoms with Gasteiger partial charge in [-0.1, -0.05) is 39.7 Å². The van der Waals surface area contributed by atoms with Crippen LogP contribution < -0.4 is 0 Å². The summed E-state index contributed by atoms with van der Waals surface area (Å²) in [5.41, 5.74) is 0.453. The maximum absolute atomic E-state index is 13.4. The van der Waals surface area contributed by atoms with E-state index in [2.05, 4.69) is 15.9 Å². The van der Waals surface area contributed by atoms with Gasteiger partial charge in [-0.3, -0.25) is 4.79 Å². The smallest absolute Gasteiger partial charge is 0.145 e. The Labute approximate surface area is 95.4 Å². The summed E-state index contributed by atoms with van der Waals surface area (Å²) in [4.78, 5) is 10.6. The van der Waals surface area contributed by atoms with Crippen LogP contribution in [0.2, 0.25) is 5.02 Å². The van der Waals surface area contributed by atoms with Crippen LogP contribution in [-0.4, -0.2) is 10.6 Å². The van der Waals surface area contributed by atoms with Crippen molar-refractivity contribution in [2.75, 3.05) is 0 Å². The van der Waals surface area contributed by atoms with Gasteiger partial charge in [0.05, 0.1) is 9.85 Å². The summed E-state index contributed by atoms with van der Waals surface area (Å²) in [6.07, 6.45) is 0.321. The van der Waals surface area contributed by atoms with Crippen molar-refractivity contribution in [2.24, 2.45) is 0 Å². The second-order valence-corrected chi connectivity index (χ2v) is 4.51. The standard InChI is InChI=1S/C10H9BrClFO/c1-6(14)8(11)5-7-3-2-4-9(12)10(7)13/h2-4,8H,5H2,1H3/t8-/m1/s1. The van der Waals surface area contributed by atoms with Gasteiger partial charge in [0.25, 0.3) is 0 Å². The van der Waals surface area contributed by atoms with Crippen LogP contribution in [0.4, 0.5) is 4.39 Å². The summed E-state index contributed by atoms with van der Waals surface area (Å²) in [5, 5.41) is 0.0887. The third-order valence-electron chi connectivity index (χ3n) is 1.87. The van der Waals surface area contributed by atoms with E-state index in [0.29, 0.717) is 12.0 Å². The molecule has 1 rings (SSSR count). The molecule has 0 saturated carbocycles. The molecule has 1 nitrogen and oxygen atoms in total. The SMILES string of the molecule is CC(=O)[C@H](Br)Cc1cccc(Cl)c1F. The summed E-state index contributed by atoms with van der Waals surface area (Å²) in [6.45, 7) is 1.46. The van der Waals surface area contributed by atoms with E-state index in [1.54, 1.807) is 12.1 Å². The highest BCUT2D eigenvalue weighted by Gasteiger charge is 2.14. The molecule has 0 unspecified atom stereocenters. The van der Waals surface area contributed by atoms with Gasteiger partial charge in [0.2, 0.25) is 0 Å². The number of rotatable bonds is 3. The lowest BCUT2D eigenvalue weighted by Gasteiger charge is -2.07. The van der Waals surface area contributed by atoms with Crippen LogP contribution >= 0.6 is 27.5 Å². The predicted octanol–water partition coefficient (Wildman–Crippen LogP) is 3.37. The zero-order chi connectivity index (χ0) is 10.7. The van der Waals surface area contributed by atoms with E-state index >= 15 is 0 Å². The summed E-state index contributed by atoms with van der Waals surface area (Å²) < 4.78 is 13.4. The Bertz CT molecular complexity index is 354. The van der Waals surface area contributed by atoms with Crippen molar-refractivity contribution in [3.8, 4) is 0 Å². The minimum absolute atomic E-state index is 0.0237. The molecule has 0 aliphatic carbocycles. The van der Waals surface area contributed by atoms with Crippen LogP contribution in [0.25, 0.3) is 0 Å². The Kier molecular flexibility index (Phi) is 4.08. The van der Waals surface area contributed by atoms with E-state index in [1.165, 1.54) is 13.0 Å². The number of benzene rings is 1.